The van der Waals surface area contributed by atoms with E-state index in [4.69, 9.17) is 11.6 Å². The third-order valence-corrected chi connectivity index (χ3v) is 7.45. The van der Waals surface area contributed by atoms with Crippen molar-refractivity contribution in [3.05, 3.63) is 51.4 Å². The Hall–Kier alpha value is -2.85. The Balaban J connectivity index is 1.74. The van der Waals surface area contributed by atoms with Crippen LogP contribution >= 0.6 is 23.4 Å². The van der Waals surface area contributed by atoms with E-state index in [2.05, 4.69) is 4.98 Å². The predicted octanol–water partition coefficient (Wildman–Crippen LogP) is 4.29. The second-order valence-corrected chi connectivity index (χ2v) is 9.58. The summed E-state index contributed by atoms with van der Waals surface area (Å²) in [4.78, 5) is 32.6. The van der Waals surface area contributed by atoms with Gasteiger partial charge >= 0.3 is 11.8 Å². The van der Waals surface area contributed by atoms with Gasteiger partial charge in [0.2, 0.25) is 0 Å². The maximum Gasteiger partial charge on any atom is 0.407 e. The molecule has 1 unspecified atom stereocenters. The SMILES string of the molecule is CC1CN(C(=O)O)CCN1c1nc(=O)n2c3c(c(-c4ccc(F)cc4F)c(Cl)cc13)SCC2. The first-order chi connectivity index (χ1) is 15.8. The number of amides is 1. The van der Waals surface area contributed by atoms with Gasteiger partial charge < -0.3 is 14.9 Å². The molecule has 33 heavy (non-hydrogen) atoms. The number of halogens is 3. The van der Waals surface area contributed by atoms with Crippen LogP contribution < -0.4 is 10.6 Å². The van der Waals surface area contributed by atoms with Crippen LogP contribution in [0.3, 0.4) is 0 Å². The molecule has 2 aliphatic heterocycles. The van der Waals surface area contributed by atoms with Gasteiger partial charge in [-0.25, -0.2) is 18.4 Å². The summed E-state index contributed by atoms with van der Waals surface area (Å²) in [7, 11) is 0. The summed E-state index contributed by atoms with van der Waals surface area (Å²) in [6.45, 7) is 3.23. The maximum absolute atomic E-state index is 14.7. The molecule has 11 heteroatoms. The van der Waals surface area contributed by atoms with Crippen LogP contribution in [-0.4, -0.2) is 57.1 Å². The molecular weight excluding hydrogens is 474 g/mol. The monoisotopic (exact) mass is 492 g/mol. The molecule has 0 spiro atoms. The first kappa shape index (κ1) is 22.0. The number of aryl methyl sites for hydroxylation is 1. The van der Waals surface area contributed by atoms with E-state index >= 15 is 0 Å². The van der Waals surface area contributed by atoms with E-state index in [0.717, 1.165) is 6.07 Å². The number of hydrogen-bond donors (Lipinski definition) is 1. The minimum absolute atomic E-state index is 0.161. The van der Waals surface area contributed by atoms with Crippen molar-refractivity contribution >= 4 is 46.2 Å². The largest absolute Gasteiger partial charge is 0.465 e. The van der Waals surface area contributed by atoms with Crippen molar-refractivity contribution in [3.8, 4) is 11.1 Å². The number of piperazine rings is 1. The molecule has 0 bridgehead atoms. The molecule has 0 aliphatic carbocycles. The standard InChI is InChI=1S/C22H19ClF2N4O3S/c1-11-10-27(22(31)32)4-5-28(11)20-14-9-15(23)17(13-3-2-12(24)8-16(13)25)19-18(14)29(6-7-33-19)21(30)26-20/h2-3,8-9,11H,4-7,10H2,1H3,(H,31,32). The average molecular weight is 493 g/mol. The van der Waals surface area contributed by atoms with E-state index < -0.39 is 23.4 Å². The fourth-order valence-corrected chi connectivity index (χ4v) is 6.12. The Labute approximate surface area is 196 Å². The summed E-state index contributed by atoms with van der Waals surface area (Å²) < 4.78 is 29.8. The molecule has 0 saturated carbocycles. The van der Waals surface area contributed by atoms with Crippen molar-refractivity contribution in [2.75, 3.05) is 30.3 Å². The molecule has 7 nitrogen and oxygen atoms in total. The van der Waals surface area contributed by atoms with Crippen LogP contribution in [0.25, 0.3) is 22.0 Å². The molecule has 1 amide bonds. The number of aromatic nitrogens is 2. The fourth-order valence-electron chi connectivity index (χ4n) is 4.56. The highest BCUT2D eigenvalue weighted by atomic mass is 35.5. The van der Waals surface area contributed by atoms with Crippen LogP contribution in [0.1, 0.15) is 6.92 Å². The van der Waals surface area contributed by atoms with Crippen molar-refractivity contribution in [1.29, 1.82) is 0 Å². The molecule has 0 radical (unpaired) electrons. The highest BCUT2D eigenvalue weighted by Gasteiger charge is 2.31. The number of rotatable bonds is 2. The third-order valence-electron chi connectivity index (χ3n) is 6.08. The van der Waals surface area contributed by atoms with Gasteiger partial charge in [0, 0.05) is 65.4 Å². The van der Waals surface area contributed by atoms with Crippen LogP contribution in [0.15, 0.2) is 34.0 Å². The second kappa shape index (κ2) is 8.18. The van der Waals surface area contributed by atoms with Crippen LogP contribution in [0.2, 0.25) is 5.02 Å². The van der Waals surface area contributed by atoms with E-state index in [1.807, 2.05) is 11.8 Å². The van der Waals surface area contributed by atoms with Gasteiger partial charge in [-0.2, -0.15) is 4.98 Å². The quantitative estimate of drug-likeness (QED) is 0.575. The lowest BCUT2D eigenvalue weighted by Crippen LogP contribution is -2.54. The number of anilines is 1. The van der Waals surface area contributed by atoms with Gasteiger partial charge in [0.15, 0.2) is 0 Å². The number of carbonyl (C=O) groups is 1. The maximum atomic E-state index is 14.7. The Kier molecular flexibility index (Phi) is 5.44. The van der Waals surface area contributed by atoms with Crippen molar-refractivity contribution in [3.63, 3.8) is 0 Å². The van der Waals surface area contributed by atoms with Crippen LogP contribution in [0, 0.1) is 11.6 Å². The molecule has 1 saturated heterocycles. The van der Waals surface area contributed by atoms with Crippen molar-refractivity contribution < 1.29 is 18.7 Å². The van der Waals surface area contributed by atoms with E-state index in [9.17, 15) is 23.5 Å². The average Bonchev–Trinajstić information content (AvgIpc) is 2.77. The molecule has 1 atom stereocenters. The number of thioether (sulfide) groups is 1. The van der Waals surface area contributed by atoms with Gasteiger partial charge in [0.05, 0.1) is 10.5 Å². The van der Waals surface area contributed by atoms with Gasteiger partial charge in [-0.1, -0.05) is 11.6 Å². The summed E-state index contributed by atoms with van der Waals surface area (Å²) in [5.74, 6) is -0.416. The molecule has 3 heterocycles. The highest BCUT2D eigenvalue weighted by molar-refractivity contribution is 7.99. The summed E-state index contributed by atoms with van der Waals surface area (Å²) in [5, 5.41) is 10.2. The number of nitrogens with zero attached hydrogens (tertiary/aromatic N) is 4. The second-order valence-electron chi connectivity index (χ2n) is 8.07. The highest BCUT2D eigenvalue weighted by Crippen LogP contribution is 2.46. The molecule has 2 aromatic carbocycles. The van der Waals surface area contributed by atoms with E-state index in [1.54, 1.807) is 10.6 Å². The topological polar surface area (TPSA) is 78.7 Å². The number of carboxylic acid groups (broad SMARTS) is 1. The van der Waals surface area contributed by atoms with Gasteiger partial charge in [0.25, 0.3) is 0 Å². The molecule has 2 aliphatic rings. The van der Waals surface area contributed by atoms with Crippen molar-refractivity contribution in [2.24, 2.45) is 0 Å². The predicted molar refractivity (Wildman–Crippen MR) is 123 cm³/mol. The van der Waals surface area contributed by atoms with E-state index in [-0.39, 0.29) is 29.7 Å². The lowest BCUT2D eigenvalue weighted by molar-refractivity contribution is 0.136. The summed E-state index contributed by atoms with van der Waals surface area (Å²) >= 11 is 8.13. The number of hydrogen-bond acceptors (Lipinski definition) is 5. The lowest BCUT2D eigenvalue weighted by atomic mass is 10.0. The molecule has 1 fully saturated rings. The Morgan fingerprint density at radius 3 is 2.73 bits per heavy atom. The molecule has 1 N–H and O–H groups in total. The normalized spacial score (nSPS) is 18.1. The van der Waals surface area contributed by atoms with Crippen LogP contribution in [-0.2, 0) is 6.54 Å². The number of benzene rings is 2. The third kappa shape index (κ3) is 3.61. The summed E-state index contributed by atoms with van der Waals surface area (Å²) in [5.41, 5.74) is 0.755. The Morgan fingerprint density at radius 1 is 1.24 bits per heavy atom. The minimum atomic E-state index is -0.989. The van der Waals surface area contributed by atoms with Crippen LogP contribution in [0.4, 0.5) is 19.4 Å². The van der Waals surface area contributed by atoms with Gasteiger partial charge in [-0.15, -0.1) is 11.8 Å². The zero-order valence-electron chi connectivity index (χ0n) is 17.5. The zero-order chi connectivity index (χ0) is 23.4. The lowest BCUT2D eigenvalue weighted by Gasteiger charge is -2.40. The van der Waals surface area contributed by atoms with Gasteiger partial charge in [-0.3, -0.25) is 4.57 Å². The van der Waals surface area contributed by atoms with Crippen LogP contribution in [0.5, 0.6) is 0 Å². The molecule has 1 aromatic heterocycles. The smallest absolute Gasteiger partial charge is 0.407 e. The molecule has 3 aromatic rings. The van der Waals surface area contributed by atoms with Crippen molar-refractivity contribution in [2.45, 2.75) is 24.4 Å². The molecular formula is C22H19ClF2N4O3S. The Morgan fingerprint density at radius 2 is 2.03 bits per heavy atom. The Bertz CT molecular complexity index is 1370. The summed E-state index contributed by atoms with van der Waals surface area (Å²) in [6, 6.07) is 4.78. The first-order valence-electron chi connectivity index (χ1n) is 10.4. The molecule has 5 rings (SSSR count). The minimum Gasteiger partial charge on any atom is -0.465 e. The van der Waals surface area contributed by atoms with E-state index in [1.165, 1.54) is 28.8 Å². The zero-order valence-corrected chi connectivity index (χ0v) is 19.1. The summed E-state index contributed by atoms with van der Waals surface area (Å²) in [6.07, 6.45) is -0.989. The molecule has 172 valence electrons. The fraction of sp³-hybridized carbons (Fsp3) is 0.318. The first-order valence-corrected chi connectivity index (χ1v) is 11.7. The van der Waals surface area contributed by atoms with Crippen molar-refractivity contribution in [1.82, 2.24) is 14.5 Å². The van der Waals surface area contributed by atoms with Gasteiger partial charge in [-0.05, 0) is 25.1 Å². The van der Waals surface area contributed by atoms with Gasteiger partial charge in [0.1, 0.15) is 17.5 Å². The van der Waals surface area contributed by atoms with E-state index in [0.29, 0.717) is 46.0 Å².